The highest BCUT2D eigenvalue weighted by atomic mass is 35.5. The molecule has 1 aromatic heterocycles. The highest BCUT2D eigenvalue weighted by Gasteiger charge is 2.24. The zero-order valence-electron chi connectivity index (χ0n) is 27.3. The van der Waals surface area contributed by atoms with Gasteiger partial charge in [0.1, 0.15) is 18.7 Å². The molecule has 1 fully saturated rings. The predicted octanol–water partition coefficient (Wildman–Crippen LogP) is 7.01. The van der Waals surface area contributed by atoms with Crippen molar-refractivity contribution in [1.29, 1.82) is 0 Å². The number of rotatable bonds is 16. The number of likely N-dealkylation sites (N-methyl/N-ethyl adjacent to an activating group) is 1. The Balaban J connectivity index is 1.35. The number of halogens is 2. The average Bonchev–Trinajstić information content (AvgIpc) is 3.05. The largest absolute Gasteiger partial charge is 0.473 e. The summed E-state index contributed by atoms with van der Waals surface area (Å²) in [6, 6.07) is 17.1. The molecule has 3 aromatic rings. The minimum atomic E-state index is -0.380. The molecule has 0 bridgehead atoms. The lowest BCUT2D eigenvalue weighted by atomic mass is 9.93. The molecular weight excluding hydrogens is 591 g/mol. The lowest BCUT2D eigenvalue weighted by Crippen LogP contribution is -2.47. The number of ether oxygens (including phenoxy) is 2. The second-order valence-electron chi connectivity index (χ2n) is 12.3. The van der Waals surface area contributed by atoms with Crippen molar-refractivity contribution in [2.75, 3.05) is 58.4 Å². The maximum Gasteiger partial charge on any atom is 0.213 e. The van der Waals surface area contributed by atoms with Crippen molar-refractivity contribution < 1.29 is 18.7 Å². The van der Waals surface area contributed by atoms with E-state index in [0.29, 0.717) is 40.0 Å². The topological polar surface area (TPSA) is 58.1 Å². The fourth-order valence-electron chi connectivity index (χ4n) is 5.97. The third kappa shape index (κ3) is 9.97. The molecule has 0 radical (unpaired) electrons. The van der Waals surface area contributed by atoms with Crippen molar-refractivity contribution in [3.05, 3.63) is 87.8 Å². The quantitative estimate of drug-likeness (QED) is 0.157. The van der Waals surface area contributed by atoms with E-state index < -0.39 is 0 Å². The molecule has 2 heterocycles. The Bertz CT molecular complexity index is 1380. The minimum Gasteiger partial charge on any atom is -0.473 e. The second-order valence-corrected chi connectivity index (χ2v) is 12.7. The Morgan fingerprint density at radius 3 is 2.60 bits per heavy atom. The third-order valence-corrected chi connectivity index (χ3v) is 9.39. The Morgan fingerprint density at radius 1 is 1.11 bits per heavy atom. The first-order chi connectivity index (χ1) is 21.7. The summed E-state index contributed by atoms with van der Waals surface area (Å²) in [5.74, 6) is 0.472. The Hall–Kier alpha value is -3.04. The van der Waals surface area contributed by atoms with E-state index in [1.54, 1.807) is 19.2 Å². The van der Waals surface area contributed by atoms with Crippen LogP contribution in [0.15, 0.2) is 54.6 Å². The van der Waals surface area contributed by atoms with E-state index in [1.165, 1.54) is 11.6 Å². The van der Waals surface area contributed by atoms with Gasteiger partial charge in [0.15, 0.2) is 0 Å². The number of aromatic nitrogens is 1. The zero-order chi connectivity index (χ0) is 32.3. The Morgan fingerprint density at radius 2 is 1.89 bits per heavy atom. The van der Waals surface area contributed by atoms with Crippen LogP contribution in [0.3, 0.4) is 0 Å². The summed E-state index contributed by atoms with van der Waals surface area (Å²) in [6.07, 6.45) is 3.94. The molecule has 0 spiro atoms. The number of hydrogen-bond donors (Lipinski definition) is 0. The Labute approximate surface area is 273 Å². The number of likely N-dealkylation sites (tertiary alicyclic amines) is 1. The van der Waals surface area contributed by atoms with Gasteiger partial charge in [0, 0.05) is 84.9 Å². The number of aldehydes is 1. The van der Waals surface area contributed by atoms with Crippen molar-refractivity contribution in [3.8, 4) is 5.88 Å². The lowest BCUT2D eigenvalue weighted by Gasteiger charge is -2.38. The number of pyridine rings is 1. The molecule has 0 N–H and O–H groups in total. The SMILES string of the molecule is COCCC(C)N(C)C(C)CN(CCN1CCC(c2cccc(OCc3ccc(Cl)cc3F)n2)CC1)c1cc(C=O)ccc1C. The maximum absolute atomic E-state index is 14.2. The molecule has 7 nitrogen and oxygen atoms in total. The molecule has 244 valence electrons. The number of benzene rings is 2. The van der Waals surface area contributed by atoms with Crippen LogP contribution in [0, 0.1) is 12.7 Å². The monoisotopic (exact) mass is 638 g/mol. The molecule has 2 unspecified atom stereocenters. The van der Waals surface area contributed by atoms with E-state index in [9.17, 15) is 9.18 Å². The number of anilines is 1. The van der Waals surface area contributed by atoms with Crippen LogP contribution in [0.5, 0.6) is 5.88 Å². The zero-order valence-corrected chi connectivity index (χ0v) is 28.1. The van der Waals surface area contributed by atoms with E-state index in [4.69, 9.17) is 26.1 Å². The molecule has 1 aliphatic rings. The molecule has 2 atom stereocenters. The van der Waals surface area contributed by atoms with Gasteiger partial charge in [0.25, 0.3) is 0 Å². The van der Waals surface area contributed by atoms with Gasteiger partial charge in [0.2, 0.25) is 5.88 Å². The van der Waals surface area contributed by atoms with Gasteiger partial charge in [0.05, 0.1) is 0 Å². The van der Waals surface area contributed by atoms with Gasteiger partial charge < -0.3 is 19.3 Å². The molecule has 0 saturated carbocycles. The number of piperidine rings is 1. The molecule has 45 heavy (non-hydrogen) atoms. The molecule has 0 aliphatic carbocycles. The fourth-order valence-corrected chi connectivity index (χ4v) is 6.13. The summed E-state index contributed by atoms with van der Waals surface area (Å²) in [4.78, 5) is 23.8. The van der Waals surface area contributed by atoms with E-state index in [-0.39, 0.29) is 12.4 Å². The maximum atomic E-state index is 14.2. The van der Waals surface area contributed by atoms with Gasteiger partial charge in [-0.15, -0.1) is 0 Å². The molecule has 9 heteroatoms. The summed E-state index contributed by atoms with van der Waals surface area (Å²) in [5, 5.41) is 0.364. The van der Waals surface area contributed by atoms with E-state index in [1.807, 2.05) is 30.3 Å². The lowest BCUT2D eigenvalue weighted by molar-refractivity contribution is 0.112. The molecule has 1 saturated heterocycles. The predicted molar refractivity (Wildman–Crippen MR) is 180 cm³/mol. The van der Waals surface area contributed by atoms with Crippen LogP contribution in [0.2, 0.25) is 5.02 Å². The Kier molecular flexibility index (Phi) is 13.2. The van der Waals surface area contributed by atoms with Crippen molar-refractivity contribution in [3.63, 3.8) is 0 Å². The molecule has 2 aromatic carbocycles. The van der Waals surface area contributed by atoms with Crippen LogP contribution in [0.25, 0.3) is 0 Å². The van der Waals surface area contributed by atoms with E-state index in [2.05, 4.69) is 48.6 Å². The number of carbonyl (C=O) groups is 1. The summed E-state index contributed by atoms with van der Waals surface area (Å²) >= 11 is 5.87. The van der Waals surface area contributed by atoms with Gasteiger partial charge in [-0.05, 0) is 90.0 Å². The van der Waals surface area contributed by atoms with Crippen LogP contribution in [0.1, 0.15) is 66.2 Å². The summed E-state index contributed by atoms with van der Waals surface area (Å²) in [6.45, 7) is 12.1. The van der Waals surface area contributed by atoms with Crippen LogP contribution < -0.4 is 9.64 Å². The summed E-state index contributed by atoms with van der Waals surface area (Å²) in [7, 11) is 3.94. The average molecular weight is 639 g/mol. The van der Waals surface area contributed by atoms with Crippen molar-refractivity contribution in [2.24, 2.45) is 0 Å². The first kappa shape index (κ1) is 34.8. The first-order valence-electron chi connectivity index (χ1n) is 16.0. The number of methoxy groups -OCH3 is 1. The van der Waals surface area contributed by atoms with Crippen molar-refractivity contribution in [1.82, 2.24) is 14.8 Å². The standard InChI is InChI=1S/C36H48ClFN4O3/c1-26-9-10-29(24-43)21-35(26)42(23-28(3)40(4)27(2)15-20-44-5)19-18-41-16-13-30(14-17-41)34-7-6-8-36(39-34)45-25-31-11-12-32(37)22-33(31)38/h6-12,21-22,24,27-28,30H,13-20,23,25H2,1-5H3. The summed E-state index contributed by atoms with van der Waals surface area (Å²) in [5.41, 5.74) is 4.47. The first-order valence-corrected chi connectivity index (χ1v) is 16.3. The van der Waals surface area contributed by atoms with Gasteiger partial charge in [-0.1, -0.05) is 35.9 Å². The van der Waals surface area contributed by atoms with Crippen LogP contribution in [-0.2, 0) is 11.3 Å². The highest BCUT2D eigenvalue weighted by molar-refractivity contribution is 6.30. The molecular formula is C36H48ClFN4O3. The van der Waals surface area contributed by atoms with Gasteiger partial charge in [-0.2, -0.15) is 0 Å². The highest BCUT2D eigenvalue weighted by Crippen LogP contribution is 2.29. The van der Waals surface area contributed by atoms with Crippen LogP contribution >= 0.6 is 11.6 Å². The van der Waals surface area contributed by atoms with Gasteiger partial charge >= 0.3 is 0 Å². The normalized spacial score (nSPS) is 15.6. The smallest absolute Gasteiger partial charge is 0.213 e. The fraction of sp³-hybridized carbons (Fsp3) is 0.500. The number of nitrogens with zero attached hydrogens (tertiary/aromatic N) is 4. The summed E-state index contributed by atoms with van der Waals surface area (Å²) < 4.78 is 25.3. The number of carbonyl (C=O) groups excluding carboxylic acids is 1. The van der Waals surface area contributed by atoms with Crippen LogP contribution in [0.4, 0.5) is 10.1 Å². The van der Waals surface area contributed by atoms with Crippen molar-refractivity contribution >= 4 is 23.6 Å². The minimum absolute atomic E-state index is 0.101. The number of hydrogen-bond acceptors (Lipinski definition) is 7. The van der Waals surface area contributed by atoms with Gasteiger partial charge in [-0.3, -0.25) is 9.69 Å². The number of aryl methyl sites for hydroxylation is 1. The van der Waals surface area contributed by atoms with Gasteiger partial charge in [-0.25, -0.2) is 9.37 Å². The second kappa shape index (κ2) is 17.0. The third-order valence-electron chi connectivity index (χ3n) is 9.15. The molecule has 4 rings (SSSR count). The van der Waals surface area contributed by atoms with Crippen LogP contribution in [-0.4, -0.2) is 86.6 Å². The van der Waals surface area contributed by atoms with Crippen molar-refractivity contribution in [2.45, 2.75) is 64.6 Å². The molecule has 1 aliphatic heterocycles. The van der Waals surface area contributed by atoms with E-state index in [0.717, 1.165) is 76.3 Å². The van der Waals surface area contributed by atoms with E-state index >= 15 is 0 Å². The molecule has 0 amide bonds.